The number of hydrogen-bond acceptors (Lipinski definition) is 6. The van der Waals surface area contributed by atoms with Gasteiger partial charge in [-0.25, -0.2) is 4.79 Å². The summed E-state index contributed by atoms with van der Waals surface area (Å²) >= 11 is 1.61. The summed E-state index contributed by atoms with van der Waals surface area (Å²) in [5, 5.41) is 23.0. The summed E-state index contributed by atoms with van der Waals surface area (Å²) in [5.74, 6) is -0.302. The van der Waals surface area contributed by atoms with Crippen molar-refractivity contribution in [2.45, 2.75) is 42.6 Å². The maximum atomic E-state index is 12.4. The largest absolute Gasteiger partial charge is 0.475 e. The molecule has 156 valence electrons. The Labute approximate surface area is 179 Å². The number of fused-ring (bicyclic) bond motifs is 1. The molecule has 1 atom stereocenters. The molecule has 6 nitrogen and oxygen atoms in total. The number of thioether (sulfide) groups is 1. The van der Waals surface area contributed by atoms with Crippen LogP contribution in [-0.4, -0.2) is 35.5 Å². The van der Waals surface area contributed by atoms with Crippen molar-refractivity contribution in [2.24, 2.45) is 0 Å². The van der Waals surface area contributed by atoms with E-state index in [1.165, 1.54) is 18.4 Å². The molecular formula is C22H24BNO5S. The molecule has 1 saturated carbocycles. The highest BCUT2D eigenvalue weighted by molar-refractivity contribution is 7.98. The number of alkyl carbamates (subject to hydrolysis) is 1. The summed E-state index contributed by atoms with van der Waals surface area (Å²) < 4.78 is 10.9. The highest BCUT2D eigenvalue weighted by Gasteiger charge is 2.28. The van der Waals surface area contributed by atoms with E-state index in [-0.39, 0.29) is 13.0 Å². The van der Waals surface area contributed by atoms with E-state index in [4.69, 9.17) is 9.15 Å². The van der Waals surface area contributed by atoms with Crippen molar-refractivity contribution in [2.75, 3.05) is 6.26 Å². The lowest BCUT2D eigenvalue weighted by molar-refractivity contribution is 0.136. The minimum Gasteiger partial charge on any atom is -0.464 e. The molecule has 0 saturated heterocycles. The summed E-state index contributed by atoms with van der Waals surface area (Å²) in [6.45, 7) is 0.130. The zero-order valence-electron chi connectivity index (χ0n) is 16.7. The molecule has 1 aliphatic carbocycles. The maximum absolute atomic E-state index is 12.4. The number of benzene rings is 2. The number of carbonyl (C=O) groups is 1. The monoisotopic (exact) mass is 425 g/mol. The molecule has 8 heteroatoms. The first kappa shape index (κ1) is 20.8. The quantitative estimate of drug-likeness (QED) is 0.375. The van der Waals surface area contributed by atoms with Crippen LogP contribution in [0.4, 0.5) is 4.79 Å². The van der Waals surface area contributed by atoms with Gasteiger partial charge in [-0.05, 0) is 54.7 Å². The van der Waals surface area contributed by atoms with Crippen molar-refractivity contribution < 1.29 is 24.0 Å². The van der Waals surface area contributed by atoms with Crippen LogP contribution in [0.1, 0.15) is 35.4 Å². The number of rotatable bonds is 8. The molecule has 3 N–H and O–H groups in total. The van der Waals surface area contributed by atoms with Gasteiger partial charge in [-0.15, -0.1) is 11.8 Å². The topological polar surface area (TPSA) is 91.9 Å². The third-order valence-corrected chi connectivity index (χ3v) is 6.21. The second-order valence-corrected chi connectivity index (χ2v) is 8.40. The zero-order chi connectivity index (χ0) is 21.1. The van der Waals surface area contributed by atoms with E-state index in [2.05, 4.69) is 23.5 Å². The van der Waals surface area contributed by atoms with Crippen LogP contribution in [0, 0.1) is 0 Å². The summed E-state index contributed by atoms with van der Waals surface area (Å²) in [4.78, 5) is 13.4. The molecular weight excluding hydrogens is 401 g/mol. The van der Waals surface area contributed by atoms with Crippen LogP contribution < -0.4 is 5.32 Å². The lowest BCUT2D eigenvalue weighted by atomic mass is 9.76. The highest BCUT2D eigenvalue weighted by Crippen LogP contribution is 2.41. The number of hydrogen-bond donors (Lipinski definition) is 3. The Morgan fingerprint density at radius 3 is 2.80 bits per heavy atom. The van der Waals surface area contributed by atoms with E-state index in [0.29, 0.717) is 11.5 Å². The Bertz CT molecular complexity index is 1030. The van der Waals surface area contributed by atoms with Gasteiger partial charge in [0.15, 0.2) is 0 Å². The molecule has 1 fully saturated rings. The van der Waals surface area contributed by atoms with E-state index < -0.39 is 19.2 Å². The normalized spacial score (nSPS) is 14.5. The standard InChI is InChI=1S/C22H24BNO5S/c1-30-20-9-8-15(14-6-7-14)10-17(20)13-29-22(25)24-21(23(26)27)11-16-12-28-19-5-3-2-4-18(16)19/h2-5,8-10,12,14,21,26-27H,6-7,11,13H2,1H3,(H,24,25). The first-order valence-electron chi connectivity index (χ1n) is 9.96. The van der Waals surface area contributed by atoms with Gasteiger partial charge in [0.2, 0.25) is 0 Å². The lowest BCUT2D eigenvalue weighted by Gasteiger charge is -2.18. The van der Waals surface area contributed by atoms with Crippen LogP contribution in [0.2, 0.25) is 0 Å². The predicted octanol–water partition coefficient (Wildman–Crippen LogP) is 3.88. The van der Waals surface area contributed by atoms with Gasteiger partial charge in [-0.3, -0.25) is 0 Å². The van der Waals surface area contributed by atoms with E-state index in [9.17, 15) is 14.8 Å². The van der Waals surface area contributed by atoms with E-state index >= 15 is 0 Å². The molecule has 1 unspecified atom stereocenters. The number of ether oxygens (including phenoxy) is 1. The molecule has 0 aliphatic heterocycles. The van der Waals surface area contributed by atoms with Crippen LogP contribution in [-0.2, 0) is 17.8 Å². The minimum atomic E-state index is -1.73. The number of furan rings is 1. The van der Waals surface area contributed by atoms with E-state index in [1.807, 2.05) is 30.5 Å². The molecule has 1 heterocycles. The summed E-state index contributed by atoms with van der Waals surface area (Å²) in [6, 6.07) is 13.8. The van der Waals surface area contributed by atoms with Gasteiger partial charge in [-0.2, -0.15) is 0 Å². The van der Waals surface area contributed by atoms with E-state index in [0.717, 1.165) is 21.4 Å². The van der Waals surface area contributed by atoms with Gasteiger partial charge < -0.3 is 24.5 Å². The third-order valence-electron chi connectivity index (χ3n) is 5.38. The van der Waals surface area contributed by atoms with Gasteiger partial charge in [0.05, 0.1) is 12.2 Å². The molecule has 30 heavy (non-hydrogen) atoms. The summed E-state index contributed by atoms with van der Waals surface area (Å²) in [5.41, 5.74) is 3.73. The van der Waals surface area contributed by atoms with Crippen molar-refractivity contribution in [3.8, 4) is 0 Å². The fourth-order valence-electron chi connectivity index (χ4n) is 3.58. The molecule has 3 aromatic rings. The number of amides is 1. The minimum absolute atomic E-state index is 0.130. The smallest absolute Gasteiger partial charge is 0.464 e. The van der Waals surface area contributed by atoms with Gasteiger partial charge in [0.1, 0.15) is 12.2 Å². The average Bonchev–Trinajstić information content (AvgIpc) is 3.53. The number of carbonyl (C=O) groups excluding carboxylic acids is 1. The van der Waals surface area contributed by atoms with Gasteiger partial charge in [0, 0.05) is 15.8 Å². The van der Waals surface area contributed by atoms with Crippen molar-refractivity contribution in [3.63, 3.8) is 0 Å². The first-order chi connectivity index (χ1) is 14.5. The Hall–Kier alpha value is -2.42. The SMILES string of the molecule is CSc1ccc(C2CC2)cc1COC(=O)NC(Cc1coc2ccccc12)B(O)O. The first-order valence-corrected chi connectivity index (χ1v) is 11.2. The van der Waals surface area contributed by atoms with Crippen LogP contribution in [0.25, 0.3) is 11.0 Å². The predicted molar refractivity (Wildman–Crippen MR) is 117 cm³/mol. The number of nitrogens with one attached hydrogen (secondary N) is 1. The second kappa shape index (κ2) is 9.16. The maximum Gasteiger partial charge on any atom is 0.475 e. The molecule has 4 rings (SSSR count). The molecule has 1 aromatic heterocycles. The zero-order valence-corrected chi connectivity index (χ0v) is 17.5. The van der Waals surface area contributed by atoms with Gasteiger partial charge in [-0.1, -0.05) is 30.3 Å². The van der Waals surface area contributed by atoms with Gasteiger partial charge in [0.25, 0.3) is 0 Å². The Morgan fingerprint density at radius 1 is 1.27 bits per heavy atom. The second-order valence-electron chi connectivity index (χ2n) is 7.55. The molecule has 1 amide bonds. The lowest BCUT2D eigenvalue weighted by Crippen LogP contribution is -2.48. The van der Waals surface area contributed by atoms with Crippen LogP contribution in [0.15, 0.2) is 58.0 Å². The molecule has 0 bridgehead atoms. The van der Waals surface area contributed by atoms with Crippen molar-refractivity contribution in [3.05, 3.63) is 65.4 Å². The Balaban J connectivity index is 1.40. The Kier molecular flexibility index (Phi) is 6.36. The van der Waals surface area contributed by atoms with Crippen LogP contribution in [0.5, 0.6) is 0 Å². The van der Waals surface area contributed by atoms with Crippen molar-refractivity contribution in [1.29, 1.82) is 0 Å². The fourth-order valence-corrected chi connectivity index (χ4v) is 4.16. The van der Waals surface area contributed by atoms with Crippen molar-refractivity contribution >= 4 is 35.9 Å². The average molecular weight is 425 g/mol. The Morgan fingerprint density at radius 2 is 2.07 bits per heavy atom. The fraction of sp³-hybridized carbons (Fsp3) is 0.318. The molecule has 0 radical (unpaired) electrons. The summed E-state index contributed by atoms with van der Waals surface area (Å²) in [7, 11) is -1.73. The molecule has 0 spiro atoms. The van der Waals surface area contributed by atoms with Crippen LogP contribution in [0.3, 0.4) is 0 Å². The van der Waals surface area contributed by atoms with Gasteiger partial charge >= 0.3 is 13.2 Å². The molecule has 1 aliphatic rings. The number of para-hydroxylation sites is 1. The van der Waals surface area contributed by atoms with Crippen molar-refractivity contribution in [1.82, 2.24) is 5.32 Å². The molecule has 2 aromatic carbocycles. The highest BCUT2D eigenvalue weighted by atomic mass is 32.2. The van der Waals surface area contributed by atoms with Crippen LogP contribution >= 0.6 is 11.8 Å². The summed E-state index contributed by atoms with van der Waals surface area (Å²) in [6.07, 6.45) is 5.49. The third kappa shape index (κ3) is 4.83. The van der Waals surface area contributed by atoms with E-state index in [1.54, 1.807) is 18.0 Å².